The van der Waals surface area contributed by atoms with Crippen LogP contribution in [0.5, 0.6) is 5.75 Å². The first-order valence-corrected chi connectivity index (χ1v) is 9.54. The third-order valence-electron chi connectivity index (χ3n) is 5.61. The molecule has 0 aromatic heterocycles. The van der Waals surface area contributed by atoms with Gasteiger partial charge in [-0.1, -0.05) is 12.5 Å². The molecular weight excluding hydrogens is 316 g/mol. The summed E-state index contributed by atoms with van der Waals surface area (Å²) in [6, 6.07) is 6.16. The van der Waals surface area contributed by atoms with E-state index in [0.717, 1.165) is 18.7 Å². The maximum atomic E-state index is 11.4. The molecule has 2 aliphatic rings. The molecule has 1 aromatic rings. The van der Waals surface area contributed by atoms with E-state index in [9.17, 15) is 9.90 Å². The lowest BCUT2D eigenvalue weighted by Crippen LogP contribution is -2.41. The van der Waals surface area contributed by atoms with Crippen molar-refractivity contribution >= 4 is 5.97 Å². The standard InChI is InChI=1S/C20H30N2O3/c1-25-19-8-7-16(14-18(19)20(23)24)15-22-12-3-2-6-17(22)9-13-21-10-4-5-11-21/h7-8,14,17H,2-6,9-13,15H2,1H3,(H,23,24)/t17-/m0/s1. The molecule has 0 saturated carbocycles. The maximum Gasteiger partial charge on any atom is 0.339 e. The van der Waals surface area contributed by atoms with Crippen molar-refractivity contribution in [3.05, 3.63) is 29.3 Å². The molecule has 2 fully saturated rings. The van der Waals surface area contributed by atoms with Gasteiger partial charge in [0.05, 0.1) is 7.11 Å². The maximum absolute atomic E-state index is 11.4. The zero-order valence-corrected chi connectivity index (χ0v) is 15.2. The highest BCUT2D eigenvalue weighted by atomic mass is 16.5. The second-order valence-corrected chi connectivity index (χ2v) is 7.30. The Morgan fingerprint density at radius 1 is 1.20 bits per heavy atom. The molecule has 2 aliphatic heterocycles. The van der Waals surface area contributed by atoms with Crippen LogP contribution in [0.2, 0.25) is 0 Å². The summed E-state index contributed by atoms with van der Waals surface area (Å²) in [5, 5.41) is 9.39. The lowest BCUT2D eigenvalue weighted by Gasteiger charge is -2.36. The zero-order chi connectivity index (χ0) is 17.6. The number of methoxy groups -OCH3 is 1. The van der Waals surface area contributed by atoms with Crippen LogP contribution in [0.3, 0.4) is 0 Å². The smallest absolute Gasteiger partial charge is 0.339 e. The van der Waals surface area contributed by atoms with E-state index in [4.69, 9.17) is 4.74 Å². The summed E-state index contributed by atoms with van der Waals surface area (Å²) in [6.45, 7) is 5.65. The molecule has 1 aromatic carbocycles. The first-order valence-electron chi connectivity index (χ1n) is 9.54. The van der Waals surface area contributed by atoms with Crippen LogP contribution in [0.4, 0.5) is 0 Å². The van der Waals surface area contributed by atoms with E-state index in [2.05, 4.69) is 9.80 Å². The number of benzene rings is 1. The quantitative estimate of drug-likeness (QED) is 0.821. The minimum Gasteiger partial charge on any atom is -0.496 e. The molecule has 0 aliphatic carbocycles. The van der Waals surface area contributed by atoms with Crippen LogP contribution in [0.25, 0.3) is 0 Å². The number of rotatable bonds is 7. The number of hydrogen-bond acceptors (Lipinski definition) is 4. The van der Waals surface area contributed by atoms with Gasteiger partial charge in [0.2, 0.25) is 0 Å². The number of piperidine rings is 1. The number of nitrogens with zero attached hydrogens (tertiary/aromatic N) is 2. The number of hydrogen-bond donors (Lipinski definition) is 1. The molecule has 0 amide bonds. The number of ether oxygens (including phenoxy) is 1. The fourth-order valence-corrected chi connectivity index (χ4v) is 4.19. The SMILES string of the molecule is COc1ccc(CN2CCCC[C@H]2CCN2CCCC2)cc1C(=O)O. The zero-order valence-electron chi connectivity index (χ0n) is 15.2. The third kappa shape index (κ3) is 4.73. The highest BCUT2D eigenvalue weighted by molar-refractivity contribution is 5.91. The Labute approximate surface area is 150 Å². The Morgan fingerprint density at radius 2 is 1.96 bits per heavy atom. The molecule has 138 valence electrons. The van der Waals surface area contributed by atoms with Gasteiger partial charge in [-0.15, -0.1) is 0 Å². The minimum atomic E-state index is -0.928. The van der Waals surface area contributed by atoms with Crippen LogP contribution >= 0.6 is 0 Å². The third-order valence-corrected chi connectivity index (χ3v) is 5.61. The molecule has 1 N–H and O–H groups in total. The van der Waals surface area contributed by atoms with Crippen molar-refractivity contribution in [2.75, 3.05) is 33.3 Å². The van der Waals surface area contributed by atoms with E-state index in [0.29, 0.717) is 11.8 Å². The predicted molar refractivity (Wildman–Crippen MR) is 98.3 cm³/mol. The van der Waals surface area contributed by atoms with Gasteiger partial charge in [0, 0.05) is 12.6 Å². The van der Waals surface area contributed by atoms with Crippen LogP contribution < -0.4 is 4.74 Å². The van der Waals surface area contributed by atoms with Gasteiger partial charge in [-0.2, -0.15) is 0 Å². The van der Waals surface area contributed by atoms with E-state index in [-0.39, 0.29) is 5.56 Å². The molecule has 3 rings (SSSR count). The second-order valence-electron chi connectivity index (χ2n) is 7.30. The van der Waals surface area contributed by atoms with Crippen molar-refractivity contribution in [1.29, 1.82) is 0 Å². The van der Waals surface area contributed by atoms with Gasteiger partial charge in [0.1, 0.15) is 11.3 Å². The van der Waals surface area contributed by atoms with E-state index in [1.54, 1.807) is 12.1 Å². The minimum absolute atomic E-state index is 0.255. The van der Waals surface area contributed by atoms with Crippen molar-refractivity contribution in [2.45, 2.75) is 51.1 Å². The van der Waals surface area contributed by atoms with Gasteiger partial charge in [0.25, 0.3) is 0 Å². The van der Waals surface area contributed by atoms with E-state index >= 15 is 0 Å². The molecule has 25 heavy (non-hydrogen) atoms. The average molecular weight is 346 g/mol. The second kappa shape index (κ2) is 8.68. The molecule has 1 atom stereocenters. The van der Waals surface area contributed by atoms with Crippen LogP contribution in [0.15, 0.2) is 18.2 Å². The molecule has 0 unspecified atom stereocenters. The van der Waals surface area contributed by atoms with Gasteiger partial charge < -0.3 is 14.7 Å². The van der Waals surface area contributed by atoms with Crippen molar-refractivity contribution < 1.29 is 14.6 Å². The summed E-state index contributed by atoms with van der Waals surface area (Å²) >= 11 is 0. The Kier molecular flexibility index (Phi) is 6.32. The lowest BCUT2D eigenvalue weighted by atomic mass is 9.98. The van der Waals surface area contributed by atoms with Gasteiger partial charge in [-0.05, 0) is 76.0 Å². The molecule has 5 heteroatoms. The van der Waals surface area contributed by atoms with E-state index in [1.165, 1.54) is 65.3 Å². The van der Waals surface area contributed by atoms with Crippen LogP contribution in [0.1, 0.15) is 54.4 Å². The summed E-state index contributed by atoms with van der Waals surface area (Å²) in [5.74, 6) is -0.497. The summed E-state index contributed by atoms with van der Waals surface area (Å²) < 4.78 is 5.17. The van der Waals surface area contributed by atoms with Gasteiger partial charge in [-0.25, -0.2) is 4.79 Å². The molecule has 2 heterocycles. The fourth-order valence-electron chi connectivity index (χ4n) is 4.19. The van der Waals surface area contributed by atoms with Crippen LogP contribution in [-0.4, -0.2) is 60.2 Å². The Balaban J connectivity index is 1.64. The Bertz CT molecular complexity index is 584. The lowest BCUT2D eigenvalue weighted by molar-refractivity contribution is 0.0693. The molecule has 0 radical (unpaired) electrons. The normalized spacial score (nSPS) is 22.2. The van der Waals surface area contributed by atoms with E-state index < -0.39 is 5.97 Å². The molecule has 0 spiro atoms. The number of carboxylic acid groups (broad SMARTS) is 1. The topological polar surface area (TPSA) is 53.0 Å². The van der Waals surface area contributed by atoms with Crippen molar-refractivity contribution in [3.63, 3.8) is 0 Å². The van der Waals surface area contributed by atoms with E-state index in [1.807, 2.05) is 6.07 Å². The summed E-state index contributed by atoms with van der Waals surface area (Å²) in [4.78, 5) is 16.6. The first-order chi connectivity index (χ1) is 12.2. The number of carboxylic acids is 1. The fraction of sp³-hybridized carbons (Fsp3) is 0.650. The van der Waals surface area contributed by atoms with Crippen molar-refractivity contribution in [3.8, 4) is 5.75 Å². The number of aromatic carboxylic acids is 1. The van der Waals surface area contributed by atoms with Gasteiger partial charge >= 0.3 is 5.97 Å². The Hall–Kier alpha value is -1.59. The van der Waals surface area contributed by atoms with Gasteiger partial charge in [-0.3, -0.25) is 4.90 Å². The van der Waals surface area contributed by atoms with Crippen LogP contribution in [-0.2, 0) is 6.54 Å². The predicted octanol–water partition coefficient (Wildman–Crippen LogP) is 3.23. The summed E-state index contributed by atoms with van der Waals surface area (Å²) in [6.07, 6.45) is 7.72. The molecular formula is C20H30N2O3. The highest BCUT2D eigenvalue weighted by Crippen LogP contribution is 2.25. The first kappa shape index (κ1) is 18.2. The van der Waals surface area contributed by atoms with Crippen molar-refractivity contribution in [2.24, 2.45) is 0 Å². The molecule has 2 saturated heterocycles. The van der Waals surface area contributed by atoms with Crippen LogP contribution in [0, 0.1) is 0 Å². The Morgan fingerprint density at radius 3 is 2.68 bits per heavy atom. The molecule has 5 nitrogen and oxygen atoms in total. The molecule has 0 bridgehead atoms. The highest BCUT2D eigenvalue weighted by Gasteiger charge is 2.24. The van der Waals surface area contributed by atoms with Gasteiger partial charge in [0.15, 0.2) is 0 Å². The van der Waals surface area contributed by atoms with Crippen molar-refractivity contribution in [1.82, 2.24) is 9.80 Å². The monoisotopic (exact) mass is 346 g/mol. The summed E-state index contributed by atoms with van der Waals surface area (Å²) in [7, 11) is 1.51. The number of carbonyl (C=O) groups is 1. The average Bonchev–Trinajstić information content (AvgIpc) is 3.14. The summed E-state index contributed by atoms with van der Waals surface area (Å²) in [5.41, 5.74) is 1.32. The largest absolute Gasteiger partial charge is 0.496 e. The number of likely N-dealkylation sites (tertiary alicyclic amines) is 2.